The Balaban J connectivity index is 2.47. The predicted molar refractivity (Wildman–Crippen MR) is 67.2 cm³/mol. The summed E-state index contributed by atoms with van der Waals surface area (Å²) in [5.41, 5.74) is 0.287. The summed E-state index contributed by atoms with van der Waals surface area (Å²) < 4.78 is 18.3. The minimum absolute atomic E-state index is 0.180. The normalized spacial score (nSPS) is 9.76. The molecule has 3 nitrogen and oxygen atoms in total. The summed E-state index contributed by atoms with van der Waals surface area (Å²) in [6.45, 7) is 4.37. The Morgan fingerprint density at radius 1 is 1.59 bits per heavy atom. The molecule has 0 heterocycles. The molecular weight excluding hydrogens is 289 g/mol. The van der Waals surface area contributed by atoms with Gasteiger partial charge in [-0.3, -0.25) is 4.79 Å². The Kier molecular flexibility index (Phi) is 5.69. The Bertz CT molecular complexity index is 409. The maximum Gasteiger partial charge on any atom is 0.252 e. The summed E-state index contributed by atoms with van der Waals surface area (Å²) >= 11 is 3.04. The fourth-order valence-electron chi connectivity index (χ4n) is 1.22. The fraction of sp³-hybridized carbons (Fsp3) is 0.250. The summed E-state index contributed by atoms with van der Waals surface area (Å²) in [5, 5.41) is 2.68. The molecule has 1 rings (SSSR count). The van der Waals surface area contributed by atoms with Gasteiger partial charge >= 0.3 is 0 Å². The quantitative estimate of drug-likeness (QED) is 0.648. The van der Waals surface area contributed by atoms with Crippen molar-refractivity contribution in [1.82, 2.24) is 5.32 Å². The van der Waals surface area contributed by atoms with Gasteiger partial charge in [-0.15, -0.1) is 0 Å². The second kappa shape index (κ2) is 7.06. The average molecular weight is 302 g/mol. The number of rotatable bonds is 6. The van der Waals surface area contributed by atoms with Gasteiger partial charge < -0.3 is 10.1 Å². The van der Waals surface area contributed by atoms with Crippen molar-refractivity contribution >= 4 is 21.8 Å². The van der Waals surface area contributed by atoms with Crippen LogP contribution in [-0.4, -0.2) is 19.1 Å². The molecule has 0 saturated carbocycles. The van der Waals surface area contributed by atoms with Crippen molar-refractivity contribution in [2.75, 3.05) is 13.2 Å². The van der Waals surface area contributed by atoms with Crippen LogP contribution in [0.15, 0.2) is 35.5 Å². The van der Waals surface area contributed by atoms with Gasteiger partial charge in [0.2, 0.25) is 0 Å². The smallest absolute Gasteiger partial charge is 0.252 e. The van der Waals surface area contributed by atoms with Crippen molar-refractivity contribution in [2.24, 2.45) is 0 Å². The van der Waals surface area contributed by atoms with E-state index in [-0.39, 0.29) is 15.9 Å². The van der Waals surface area contributed by atoms with Crippen LogP contribution < -0.4 is 5.32 Å². The van der Waals surface area contributed by atoms with Crippen LogP contribution in [0.4, 0.5) is 4.39 Å². The maximum absolute atomic E-state index is 13.2. The molecule has 0 aliphatic rings. The van der Waals surface area contributed by atoms with E-state index < -0.39 is 5.82 Å². The lowest BCUT2D eigenvalue weighted by Gasteiger charge is -2.07. The molecule has 1 amide bonds. The lowest BCUT2D eigenvalue weighted by atomic mass is 10.2. The first-order valence-corrected chi connectivity index (χ1v) is 5.91. The van der Waals surface area contributed by atoms with E-state index in [1.54, 1.807) is 6.07 Å². The average Bonchev–Trinajstić information content (AvgIpc) is 2.32. The molecule has 5 heteroatoms. The second-order valence-electron chi connectivity index (χ2n) is 3.25. The van der Waals surface area contributed by atoms with E-state index in [9.17, 15) is 9.18 Å². The first kappa shape index (κ1) is 13.7. The first-order chi connectivity index (χ1) is 8.16. The fourth-order valence-corrected chi connectivity index (χ4v) is 1.66. The summed E-state index contributed by atoms with van der Waals surface area (Å²) in [6.07, 6.45) is 2.02. The number of carbonyl (C=O) groups excluding carboxylic acids is 1. The van der Waals surface area contributed by atoms with Gasteiger partial charge in [0.1, 0.15) is 5.82 Å². The lowest BCUT2D eigenvalue weighted by Crippen LogP contribution is -2.25. The minimum atomic E-state index is -0.451. The van der Waals surface area contributed by atoms with E-state index in [2.05, 4.69) is 27.8 Å². The number of carbonyl (C=O) groups is 1. The van der Waals surface area contributed by atoms with Crippen molar-refractivity contribution in [3.63, 3.8) is 0 Å². The second-order valence-corrected chi connectivity index (χ2v) is 4.04. The third-order valence-corrected chi connectivity index (χ3v) is 2.84. The molecule has 0 fully saturated rings. The number of hydrogen-bond acceptors (Lipinski definition) is 2. The van der Waals surface area contributed by atoms with Gasteiger partial charge in [-0.05, 0) is 34.5 Å². The molecule has 1 aromatic rings. The van der Waals surface area contributed by atoms with Crippen molar-refractivity contribution in [2.45, 2.75) is 6.42 Å². The molecule has 1 aromatic carbocycles. The standard InChI is InChI=1S/C12H13BrFNO2/c1-2-17-8-4-7-15-12(16)9-5-3-6-10(14)11(9)13/h2-3,5-6H,1,4,7-8H2,(H,15,16). The molecule has 0 saturated heterocycles. The summed E-state index contributed by atoms with van der Waals surface area (Å²) in [4.78, 5) is 11.7. The molecule has 17 heavy (non-hydrogen) atoms. The van der Waals surface area contributed by atoms with Gasteiger partial charge in [-0.2, -0.15) is 0 Å². The number of halogens is 2. The molecule has 92 valence electrons. The molecule has 1 N–H and O–H groups in total. The SMILES string of the molecule is C=COCCCNC(=O)c1cccc(F)c1Br. The van der Waals surface area contributed by atoms with Crippen LogP contribution in [0.3, 0.4) is 0 Å². The van der Waals surface area contributed by atoms with Gasteiger partial charge in [-0.1, -0.05) is 12.6 Å². The van der Waals surface area contributed by atoms with Gasteiger partial charge in [0.05, 0.1) is 22.9 Å². The zero-order valence-corrected chi connectivity index (χ0v) is 10.8. The predicted octanol–water partition coefficient (Wildman–Crippen LogP) is 2.87. The topological polar surface area (TPSA) is 38.3 Å². The highest BCUT2D eigenvalue weighted by Crippen LogP contribution is 2.20. The zero-order valence-electron chi connectivity index (χ0n) is 9.21. The van der Waals surface area contributed by atoms with Crippen molar-refractivity contribution < 1.29 is 13.9 Å². The molecular formula is C12H13BrFNO2. The first-order valence-electron chi connectivity index (χ1n) is 5.11. The van der Waals surface area contributed by atoms with Crippen LogP contribution in [0, 0.1) is 5.82 Å². The molecule has 0 aromatic heterocycles. The Hall–Kier alpha value is -1.36. The third kappa shape index (κ3) is 4.19. The van der Waals surface area contributed by atoms with Crippen LogP contribution in [0.5, 0.6) is 0 Å². The van der Waals surface area contributed by atoms with Crippen molar-refractivity contribution in [3.05, 3.63) is 46.9 Å². The Morgan fingerprint density at radius 3 is 3.06 bits per heavy atom. The molecule has 0 radical (unpaired) electrons. The number of hydrogen-bond donors (Lipinski definition) is 1. The molecule has 0 spiro atoms. The van der Waals surface area contributed by atoms with E-state index in [4.69, 9.17) is 4.74 Å². The van der Waals surface area contributed by atoms with Gasteiger partial charge in [-0.25, -0.2) is 4.39 Å². The maximum atomic E-state index is 13.2. The number of ether oxygens (including phenoxy) is 1. The monoisotopic (exact) mass is 301 g/mol. The van der Waals surface area contributed by atoms with E-state index >= 15 is 0 Å². The van der Waals surface area contributed by atoms with Crippen LogP contribution >= 0.6 is 15.9 Å². The van der Waals surface area contributed by atoms with E-state index in [0.717, 1.165) is 0 Å². The largest absolute Gasteiger partial charge is 0.502 e. The van der Waals surface area contributed by atoms with Gasteiger partial charge in [0.25, 0.3) is 5.91 Å². The summed E-state index contributed by atoms with van der Waals surface area (Å²) in [7, 11) is 0. The van der Waals surface area contributed by atoms with Crippen LogP contribution in [0.1, 0.15) is 16.8 Å². The highest BCUT2D eigenvalue weighted by Gasteiger charge is 2.11. The molecule has 0 atom stereocenters. The van der Waals surface area contributed by atoms with Crippen LogP contribution in [0.2, 0.25) is 0 Å². The number of benzene rings is 1. The Morgan fingerprint density at radius 2 is 2.35 bits per heavy atom. The van der Waals surface area contributed by atoms with Crippen LogP contribution in [0.25, 0.3) is 0 Å². The zero-order chi connectivity index (χ0) is 12.7. The number of nitrogens with one attached hydrogen (secondary N) is 1. The molecule has 0 bridgehead atoms. The minimum Gasteiger partial charge on any atom is -0.502 e. The van der Waals surface area contributed by atoms with E-state index in [0.29, 0.717) is 19.6 Å². The van der Waals surface area contributed by atoms with Gasteiger partial charge in [0, 0.05) is 6.54 Å². The van der Waals surface area contributed by atoms with Crippen molar-refractivity contribution in [1.29, 1.82) is 0 Å². The molecule has 0 unspecified atom stereocenters. The van der Waals surface area contributed by atoms with E-state index in [1.807, 2.05) is 0 Å². The summed E-state index contributed by atoms with van der Waals surface area (Å²) in [6, 6.07) is 4.34. The Labute approximate surface area is 108 Å². The van der Waals surface area contributed by atoms with Crippen LogP contribution in [-0.2, 0) is 4.74 Å². The highest BCUT2D eigenvalue weighted by molar-refractivity contribution is 9.10. The lowest BCUT2D eigenvalue weighted by molar-refractivity contribution is 0.0949. The van der Waals surface area contributed by atoms with E-state index in [1.165, 1.54) is 18.4 Å². The summed E-state index contributed by atoms with van der Waals surface area (Å²) in [5.74, 6) is -0.761. The van der Waals surface area contributed by atoms with Gasteiger partial charge in [0.15, 0.2) is 0 Å². The van der Waals surface area contributed by atoms with Crippen molar-refractivity contribution in [3.8, 4) is 0 Å². The molecule has 0 aliphatic carbocycles. The third-order valence-electron chi connectivity index (χ3n) is 2.04. The highest BCUT2D eigenvalue weighted by atomic mass is 79.9. The number of amides is 1. The molecule has 0 aliphatic heterocycles.